The van der Waals surface area contributed by atoms with Crippen molar-refractivity contribution in [1.82, 2.24) is 0 Å². The van der Waals surface area contributed by atoms with E-state index < -0.39 is 11.7 Å². The van der Waals surface area contributed by atoms with Crippen molar-refractivity contribution in [1.29, 1.82) is 0 Å². The van der Waals surface area contributed by atoms with Gasteiger partial charge in [-0.1, -0.05) is 0 Å². The van der Waals surface area contributed by atoms with Crippen molar-refractivity contribution < 1.29 is 17.9 Å². The first-order valence-corrected chi connectivity index (χ1v) is 6.63. The Morgan fingerprint density at radius 2 is 1.33 bits per heavy atom. The summed E-state index contributed by atoms with van der Waals surface area (Å²) in [5.41, 5.74) is 15.6. The van der Waals surface area contributed by atoms with Gasteiger partial charge in [0.15, 0.2) is 5.96 Å². The SMILES string of the molecule is NC(N)=NC(N)=Nc1ccc(Oc2ccc(C(F)(F)F)cc2)cc1. The number of hydrogen-bond acceptors (Lipinski definition) is 2. The molecule has 0 spiro atoms. The third-order valence-electron chi connectivity index (χ3n) is 2.74. The molecule has 0 radical (unpaired) electrons. The predicted molar refractivity (Wildman–Crippen MR) is 85.1 cm³/mol. The Bertz CT molecular complexity index is 748. The molecule has 6 nitrogen and oxygen atoms in total. The average molecular weight is 337 g/mol. The molecule has 2 aromatic rings. The van der Waals surface area contributed by atoms with Gasteiger partial charge in [0.1, 0.15) is 11.5 Å². The highest BCUT2D eigenvalue weighted by Crippen LogP contribution is 2.31. The minimum absolute atomic E-state index is 0.105. The summed E-state index contributed by atoms with van der Waals surface area (Å²) in [5.74, 6) is 0.387. The van der Waals surface area contributed by atoms with Crippen molar-refractivity contribution in [3.05, 3.63) is 54.1 Å². The molecule has 0 aliphatic rings. The maximum absolute atomic E-state index is 12.5. The summed E-state index contributed by atoms with van der Waals surface area (Å²) < 4.78 is 42.9. The Balaban J connectivity index is 2.08. The molecule has 0 unspecified atom stereocenters. The first kappa shape index (κ1) is 17.1. The molecule has 0 aromatic heterocycles. The van der Waals surface area contributed by atoms with E-state index in [9.17, 15) is 13.2 Å². The van der Waals surface area contributed by atoms with Gasteiger partial charge in [-0.25, -0.2) is 4.99 Å². The number of alkyl halides is 3. The lowest BCUT2D eigenvalue weighted by molar-refractivity contribution is -0.137. The lowest BCUT2D eigenvalue weighted by atomic mass is 10.2. The van der Waals surface area contributed by atoms with Gasteiger partial charge in [0.05, 0.1) is 11.3 Å². The highest BCUT2D eigenvalue weighted by atomic mass is 19.4. The van der Waals surface area contributed by atoms with E-state index in [4.69, 9.17) is 21.9 Å². The molecule has 2 aromatic carbocycles. The smallest absolute Gasteiger partial charge is 0.416 e. The lowest BCUT2D eigenvalue weighted by Crippen LogP contribution is -2.26. The molecular weight excluding hydrogens is 323 g/mol. The fourth-order valence-corrected chi connectivity index (χ4v) is 1.73. The van der Waals surface area contributed by atoms with Crippen LogP contribution in [-0.4, -0.2) is 11.9 Å². The Hall–Kier alpha value is -3.23. The monoisotopic (exact) mass is 337 g/mol. The maximum Gasteiger partial charge on any atom is 0.416 e. The normalized spacial score (nSPS) is 11.9. The van der Waals surface area contributed by atoms with Crippen molar-refractivity contribution in [2.75, 3.05) is 0 Å². The van der Waals surface area contributed by atoms with Crippen molar-refractivity contribution in [2.45, 2.75) is 6.18 Å². The van der Waals surface area contributed by atoms with Crippen LogP contribution in [0, 0.1) is 0 Å². The molecular formula is C15H14F3N5O. The summed E-state index contributed by atoms with van der Waals surface area (Å²) in [6, 6.07) is 10.7. The summed E-state index contributed by atoms with van der Waals surface area (Å²) in [6.07, 6.45) is -4.38. The molecule has 24 heavy (non-hydrogen) atoms. The molecule has 0 bridgehead atoms. The van der Waals surface area contributed by atoms with Crippen molar-refractivity contribution in [3.8, 4) is 11.5 Å². The number of rotatable bonds is 3. The average Bonchev–Trinajstić information content (AvgIpc) is 2.48. The molecule has 0 saturated heterocycles. The maximum atomic E-state index is 12.5. The van der Waals surface area contributed by atoms with Gasteiger partial charge in [-0.2, -0.15) is 18.2 Å². The predicted octanol–water partition coefficient (Wildman–Crippen LogP) is 2.72. The zero-order chi connectivity index (χ0) is 17.7. The molecule has 0 saturated carbocycles. The van der Waals surface area contributed by atoms with E-state index in [0.717, 1.165) is 12.1 Å². The van der Waals surface area contributed by atoms with E-state index in [1.54, 1.807) is 24.3 Å². The fourth-order valence-electron chi connectivity index (χ4n) is 1.73. The van der Waals surface area contributed by atoms with Crippen LogP contribution in [0.3, 0.4) is 0 Å². The van der Waals surface area contributed by atoms with Gasteiger partial charge in [0.25, 0.3) is 0 Å². The summed E-state index contributed by atoms with van der Waals surface area (Å²) in [5, 5.41) is 0. The molecule has 0 fully saturated rings. The molecule has 2 rings (SSSR count). The van der Waals surface area contributed by atoms with E-state index in [1.807, 2.05) is 0 Å². The zero-order valence-electron chi connectivity index (χ0n) is 12.3. The highest BCUT2D eigenvalue weighted by Gasteiger charge is 2.30. The Kier molecular flexibility index (Phi) is 4.93. The standard InChI is InChI=1S/C15H14F3N5O/c16-15(17,18)9-1-5-11(6-2-9)24-12-7-3-10(4-8-12)22-14(21)23-13(19)20/h1-8H,(H6,19,20,21,22,23). The topological polar surface area (TPSA) is 112 Å². The van der Waals surface area contributed by atoms with Crippen LogP contribution >= 0.6 is 0 Å². The molecule has 0 atom stereocenters. The van der Waals surface area contributed by atoms with E-state index in [-0.39, 0.29) is 17.7 Å². The van der Waals surface area contributed by atoms with Crippen LogP contribution in [0.15, 0.2) is 58.5 Å². The minimum atomic E-state index is -4.38. The Morgan fingerprint density at radius 1 is 0.833 bits per heavy atom. The first-order chi connectivity index (χ1) is 11.2. The first-order valence-electron chi connectivity index (χ1n) is 6.63. The number of guanidine groups is 2. The number of hydrogen-bond donors (Lipinski definition) is 3. The summed E-state index contributed by atoms with van der Waals surface area (Å²) >= 11 is 0. The number of ether oxygens (including phenoxy) is 1. The Morgan fingerprint density at radius 3 is 1.79 bits per heavy atom. The van der Waals surface area contributed by atoms with Crippen LogP contribution in [-0.2, 0) is 6.18 Å². The minimum Gasteiger partial charge on any atom is -0.457 e. The van der Waals surface area contributed by atoms with Gasteiger partial charge in [-0.15, -0.1) is 0 Å². The molecule has 6 N–H and O–H groups in total. The third kappa shape index (κ3) is 4.90. The van der Waals surface area contributed by atoms with Crippen molar-refractivity contribution >= 4 is 17.6 Å². The number of halogens is 3. The van der Waals surface area contributed by atoms with E-state index in [0.29, 0.717) is 11.4 Å². The largest absolute Gasteiger partial charge is 0.457 e. The van der Waals surface area contributed by atoms with Crippen molar-refractivity contribution in [2.24, 2.45) is 27.2 Å². The second-order valence-electron chi connectivity index (χ2n) is 4.62. The van der Waals surface area contributed by atoms with Crippen LogP contribution in [0.2, 0.25) is 0 Å². The van der Waals surface area contributed by atoms with Gasteiger partial charge in [-0.05, 0) is 48.5 Å². The molecule has 126 valence electrons. The quantitative estimate of drug-likeness (QED) is 0.590. The number of aliphatic imine (C=N–C) groups is 2. The molecule has 0 aliphatic heterocycles. The number of nitrogens with two attached hydrogens (primary N) is 3. The molecule has 0 aliphatic carbocycles. The van der Waals surface area contributed by atoms with Gasteiger partial charge in [0.2, 0.25) is 5.96 Å². The zero-order valence-corrected chi connectivity index (χ0v) is 12.3. The summed E-state index contributed by atoms with van der Waals surface area (Å²) in [4.78, 5) is 7.52. The van der Waals surface area contributed by atoms with Gasteiger partial charge in [0, 0.05) is 0 Å². The fraction of sp³-hybridized carbons (Fsp3) is 0.0667. The lowest BCUT2D eigenvalue weighted by Gasteiger charge is -2.09. The third-order valence-corrected chi connectivity index (χ3v) is 2.74. The van der Waals surface area contributed by atoms with Gasteiger partial charge < -0.3 is 21.9 Å². The van der Waals surface area contributed by atoms with E-state index in [1.165, 1.54) is 12.1 Å². The summed E-state index contributed by atoms with van der Waals surface area (Å²) in [7, 11) is 0. The Labute approximate surface area is 135 Å². The van der Waals surface area contributed by atoms with E-state index >= 15 is 0 Å². The molecule has 0 amide bonds. The second kappa shape index (κ2) is 6.90. The number of nitrogens with zero attached hydrogens (tertiary/aromatic N) is 2. The van der Waals surface area contributed by atoms with Crippen LogP contribution in [0.1, 0.15) is 5.56 Å². The molecule has 0 heterocycles. The van der Waals surface area contributed by atoms with Crippen LogP contribution in [0.25, 0.3) is 0 Å². The summed E-state index contributed by atoms with van der Waals surface area (Å²) in [6.45, 7) is 0. The highest BCUT2D eigenvalue weighted by molar-refractivity contribution is 5.93. The van der Waals surface area contributed by atoms with Gasteiger partial charge >= 0.3 is 6.18 Å². The van der Waals surface area contributed by atoms with Crippen LogP contribution in [0.4, 0.5) is 18.9 Å². The van der Waals surface area contributed by atoms with Crippen LogP contribution < -0.4 is 21.9 Å². The number of benzene rings is 2. The molecule has 9 heteroatoms. The van der Waals surface area contributed by atoms with Crippen LogP contribution in [0.5, 0.6) is 11.5 Å². The second-order valence-corrected chi connectivity index (χ2v) is 4.62. The van der Waals surface area contributed by atoms with E-state index in [2.05, 4.69) is 9.98 Å². The van der Waals surface area contributed by atoms with Gasteiger partial charge in [-0.3, -0.25) is 0 Å². The van der Waals surface area contributed by atoms with Crippen molar-refractivity contribution in [3.63, 3.8) is 0 Å².